The number of aliphatic hydroxyl groups is 1. The molecule has 1 heterocycles. The van der Waals surface area contributed by atoms with Crippen molar-refractivity contribution in [2.75, 3.05) is 19.7 Å². The second-order valence-electron chi connectivity index (χ2n) is 4.90. The van der Waals surface area contributed by atoms with Gasteiger partial charge in [0.2, 0.25) is 0 Å². The van der Waals surface area contributed by atoms with Crippen molar-refractivity contribution in [3.05, 3.63) is 47.0 Å². The summed E-state index contributed by atoms with van der Waals surface area (Å²) in [5, 5.41) is 14.0. The Morgan fingerprint density at radius 1 is 1.36 bits per heavy atom. The van der Waals surface area contributed by atoms with Gasteiger partial charge < -0.3 is 19.7 Å². The number of rotatable bonds is 9. The van der Waals surface area contributed by atoms with E-state index in [2.05, 4.69) is 10.3 Å². The number of ether oxygens (including phenoxy) is 1. The van der Waals surface area contributed by atoms with E-state index in [0.717, 1.165) is 19.5 Å². The van der Waals surface area contributed by atoms with Crippen LogP contribution in [0.4, 0.5) is 0 Å². The molecule has 0 saturated carbocycles. The van der Waals surface area contributed by atoms with Gasteiger partial charge in [0, 0.05) is 30.5 Å². The normalized spacial score (nSPS) is 12.3. The Hall–Kier alpha value is -1.27. The zero-order valence-electron chi connectivity index (χ0n) is 12.1. The summed E-state index contributed by atoms with van der Waals surface area (Å²) in [6.45, 7) is 2.36. The van der Waals surface area contributed by atoms with Gasteiger partial charge in [0.25, 0.3) is 0 Å². The molecule has 0 saturated heterocycles. The van der Waals surface area contributed by atoms with Gasteiger partial charge >= 0.3 is 0 Å². The third kappa shape index (κ3) is 5.85. The summed E-state index contributed by atoms with van der Waals surface area (Å²) >= 11 is 11.8. The Kier molecular flexibility index (Phi) is 6.99. The molecule has 0 radical (unpaired) electrons. The molecule has 0 amide bonds. The molecule has 1 atom stereocenters. The Bertz CT molecular complexity index is 564. The van der Waals surface area contributed by atoms with E-state index in [-0.39, 0.29) is 6.61 Å². The number of halogens is 2. The lowest BCUT2D eigenvalue weighted by Crippen LogP contribution is -2.32. The molecule has 2 aromatic rings. The summed E-state index contributed by atoms with van der Waals surface area (Å²) < 4.78 is 7.49. The highest BCUT2D eigenvalue weighted by atomic mass is 35.5. The molecular formula is C15H19Cl2N3O2. The maximum atomic E-state index is 9.87. The quantitative estimate of drug-likeness (QED) is 0.687. The molecule has 0 aliphatic heterocycles. The highest BCUT2D eigenvalue weighted by Gasteiger charge is 2.07. The smallest absolute Gasteiger partial charge is 0.138 e. The van der Waals surface area contributed by atoms with Gasteiger partial charge in [-0.25, -0.2) is 4.98 Å². The molecule has 0 unspecified atom stereocenters. The molecule has 7 heteroatoms. The van der Waals surface area contributed by atoms with Crippen LogP contribution in [0.15, 0.2) is 36.9 Å². The summed E-state index contributed by atoms with van der Waals surface area (Å²) in [4.78, 5) is 3.98. The van der Waals surface area contributed by atoms with E-state index >= 15 is 0 Å². The number of nitrogens with zero attached hydrogens (tertiary/aromatic N) is 2. The zero-order valence-corrected chi connectivity index (χ0v) is 13.6. The molecule has 0 aliphatic carbocycles. The van der Waals surface area contributed by atoms with Gasteiger partial charge in [-0.3, -0.25) is 0 Å². The molecule has 0 spiro atoms. The van der Waals surface area contributed by atoms with E-state index in [9.17, 15) is 5.11 Å². The first-order valence-electron chi connectivity index (χ1n) is 7.07. The first-order chi connectivity index (χ1) is 10.6. The van der Waals surface area contributed by atoms with Gasteiger partial charge in [0.1, 0.15) is 18.5 Å². The number of hydrogen-bond acceptors (Lipinski definition) is 4. The standard InChI is InChI=1S/C15H19Cl2N3O2/c16-12-2-3-15(14(17)8-12)22-10-13(21)9-18-4-1-6-20-7-5-19-11-20/h2-3,5,7-8,11,13,18,21H,1,4,6,9-10H2/t13-/m1/s1. The van der Waals surface area contributed by atoms with Crippen LogP contribution in [-0.2, 0) is 6.54 Å². The van der Waals surface area contributed by atoms with Crippen molar-refractivity contribution >= 4 is 23.2 Å². The lowest BCUT2D eigenvalue weighted by atomic mass is 10.3. The fourth-order valence-corrected chi connectivity index (χ4v) is 2.37. The zero-order chi connectivity index (χ0) is 15.8. The number of benzene rings is 1. The molecule has 2 N–H and O–H groups in total. The molecule has 5 nitrogen and oxygen atoms in total. The fraction of sp³-hybridized carbons (Fsp3) is 0.400. The summed E-state index contributed by atoms with van der Waals surface area (Å²) in [5.74, 6) is 0.519. The lowest BCUT2D eigenvalue weighted by molar-refractivity contribution is 0.106. The first-order valence-corrected chi connectivity index (χ1v) is 7.83. The van der Waals surface area contributed by atoms with Crippen LogP contribution in [0.3, 0.4) is 0 Å². The molecule has 0 aliphatic rings. The van der Waals surface area contributed by atoms with Crippen LogP contribution in [-0.4, -0.2) is 40.5 Å². The monoisotopic (exact) mass is 343 g/mol. The van der Waals surface area contributed by atoms with Crippen LogP contribution >= 0.6 is 23.2 Å². The molecule has 120 valence electrons. The van der Waals surface area contributed by atoms with Crippen molar-refractivity contribution < 1.29 is 9.84 Å². The van der Waals surface area contributed by atoms with Crippen molar-refractivity contribution in [2.24, 2.45) is 0 Å². The van der Waals surface area contributed by atoms with Gasteiger partial charge in [-0.1, -0.05) is 23.2 Å². The second kappa shape index (κ2) is 9.00. The lowest BCUT2D eigenvalue weighted by Gasteiger charge is -2.14. The van der Waals surface area contributed by atoms with E-state index in [1.54, 1.807) is 30.7 Å². The number of imidazole rings is 1. The average molecular weight is 344 g/mol. The van der Waals surface area contributed by atoms with Crippen molar-refractivity contribution in [1.29, 1.82) is 0 Å². The van der Waals surface area contributed by atoms with E-state index < -0.39 is 6.10 Å². The molecule has 2 rings (SSSR count). The van der Waals surface area contributed by atoms with Gasteiger partial charge in [-0.15, -0.1) is 0 Å². The van der Waals surface area contributed by atoms with Crippen LogP contribution in [0.25, 0.3) is 0 Å². The predicted octanol–water partition coefficient (Wildman–Crippen LogP) is 2.61. The molecule has 0 bridgehead atoms. The first kappa shape index (κ1) is 17.1. The Morgan fingerprint density at radius 2 is 2.23 bits per heavy atom. The van der Waals surface area contributed by atoms with Crippen LogP contribution in [0.1, 0.15) is 6.42 Å². The van der Waals surface area contributed by atoms with E-state index in [0.29, 0.717) is 22.3 Å². The van der Waals surface area contributed by atoms with Crippen molar-refractivity contribution in [2.45, 2.75) is 19.1 Å². The fourth-order valence-electron chi connectivity index (χ4n) is 1.91. The second-order valence-corrected chi connectivity index (χ2v) is 5.74. The minimum atomic E-state index is -0.597. The van der Waals surface area contributed by atoms with Gasteiger partial charge in [-0.2, -0.15) is 0 Å². The van der Waals surface area contributed by atoms with Crippen molar-refractivity contribution in [1.82, 2.24) is 14.9 Å². The summed E-state index contributed by atoms with van der Waals surface area (Å²) in [7, 11) is 0. The average Bonchev–Trinajstić information content (AvgIpc) is 2.99. The number of hydrogen-bond donors (Lipinski definition) is 2. The highest BCUT2D eigenvalue weighted by Crippen LogP contribution is 2.27. The van der Waals surface area contributed by atoms with Gasteiger partial charge in [-0.05, 0) is 31.2 Å². The maximum Gasteiger partial charge on any atom is 0.138 e. The minimum Gasteiger partial charge on any atom is -0.489 e. The number of nitrogens with one attached hydrogen (secondary N) is 1. The van der Waals surface area contributed by atoms with E-state index in [1.807, 2.05) is 10.8 Å². The van der Waals surface area contributed by atoms with Crippen molar-refractivity contribution in [3.63, 3.8) is 0 Å². The molecule has 22 heavy (non-hydrogen) atoms. The molecular weight excluding hydrogens is 325 g/mol. The summed E-state index contributed by atoms with van der Waals surface area (Å²) in [6, 6.07) is 5.00. The Labute approximate surface area is 139 Å². The summed E-state index contributed by atoms with van der Waals surface area (Å²) in [6.07, 6.45) is 5.85. The highest BCUT2D eigenvalue weighted by molar-refractivity contribution is 6.35. The topological polar surface area (TPSA) is 59.3 Å². The largest absolute Gasteiger partial charge is 0.489 e. The van der Waals surface area contributed by atoms with Gasteiger partial charge in [0.15, 0.2) is 0 Å². The van der Waals surface area contributed by atoms with Crippen molar-refractivity contribution in [3.8, 4) is 5.75 Å². The Morgan fingerprint density at radius 3 is 2.95 bits per heavy atom. The van der Waals surface area contributed by atoms with Crippen LogP contribution in [0.5, 0.6) is 5.75 Å². The molecule has 0 fully saturated rings. The SMILES string of the molecule is O[C@H](CNCCCn1ccnc1)COc1ccc(Cl)cc1Cl. The number of aromatic nitrogens is 2. The third-order valence-electron chi connectivity index (χ3n) is 3.03. The predicted molar refractivity (Wildman–Crippen MR) is 87.7 cm³/mol. The van der Waals surface area contributed by atoms with Gasteiger partial charge in [0.05, 0.1) is 11.3 Å². The van der Waals surface area contributed by atoms with Crippen LogP contribution < -0.4 is 10.1 Å². The minimum absolute atomic E-state index is 0.176. The number of aliphatic hydroxyl groups excluding tert-OH is 1. The number of aryl methyl sites for hydroxylation is 1. The third-order valence-corrected chi connectivity index (χ3v) is 3.56. The van der Waals surface area contributed by atoms with E-state index in [1.165, 1.54) is 0 Å². The maximum absolute atomic E-state index is 9.87. The Balaban J connectivity index is 1.58. The van der Waals surface area contributed by atoms with Crippen LogP contribution in [0.2, 0.25) is 10.0 Å². The summed E-state index contributed by atoms with van der Waals surface area (Å²) in [5.41, 5.74) is 0. The molecule has 1 aromatic heterocycles. The van der Waals surface area contributed by atoms with E-state index in [4.69, 9.17) is 27.9 Å². The van der Waals surface area contributed by atoms with Crippen LogP contribution in [0, 0.1) is 0 Å². The molecule has 1 aromatic carbocycles.